The molecule has 23 heavy (non-hydrogen) atoms. The van der Waals surface area contributed by atoms with Gasteiger partial charge >= 0.3 is 0 Å². The second-order valence-corrected chi connectivity index (χ2v) is 5.74. The van der Waals surface area contributed by atoms with Crippen LogP contribution in [0.25, 0.3) is 11.1 Å². The molecule has 0 atom stereocenters. The average molecular weight is 308 g/mol. The van der Waals surface area contributed by atoms with Gasteiger partial charge in [0.25, 0.3) is 0 Å². The van der Waals surface area contributed by atoms with Crippen LogP contribution in [0.15, 0.2) is 53.3 Å². The van der Waals surface area contributed by atoms with Gasteiger partial charge < -0.3 is 9.73 Å². The molecule has 0 saturated heterocycles. The number of hydrogen-bond acceptors (Lipinski definition) is 3. The monoisotopic (exact) mass is 308 g/mol. The van der Waals surface area contributed by atoms with E-state index in [1.165, 1.54) is 17.5 Å². The van der Waals surface area contributed by atoms with Crippen LogP contribution in [0.1, 0.15) is 23.1 Å². The quantitative estimate of drug-likeness (QED) is 0.759. The van der Waals surface area contributed by atoms with Gasteiger partial charge in [0.15, 0.2) is 12.0 Å². The largest absolute Gasteiger partial charge is 0.443 e. The molecule has 1 N–H and O–H groups in total. The van der Waals surface area contributed by atoms with Crippen LogP contribution in [0.4, 0.5) is 0 Å². The molecule has 0 saturated carbocycles. The smallest absolute Gasteiger partial charge is 0.220 e. The van der Waals surface area contributed by atoms with Gasteiger partial charge in [-0.3, -0.25) is 4.79 Å². The molecule has 118 valence electrons. The predicted molar refractivity (Wildman–Crippen MR) is 90.2 cm³/mol. The Labute approximate surface area is 135 Å². The molecule has 0 aliphatic rings. The summed E-state index contributed by atoms with van der Waals surface area (Å²) >= 11 is 0. The normalized spacial score (nSPS) is 10.8. The molecule has 0 aliphatic carbocycles. The number of amides is 1. The molecular formula is C19H20N2O2. The topological polar surface area (TPSA) is 55.1 Å². The molecule has 4 nitrogen and oxygen atoms in total. The second kappa shape index (κ2) is 7.09. The van der Waals surface area contributed by atoms with Crippen LogP contribution in [0.5, 0.6) is 0 Å². The molecule has 0 spiro atoms. The lowest BCUT2D eigenvalue weighted by molar-refractivity contribution is -0.121. The van der Waals surface area contributed by atoms with Crippen molar-refractivity contribution < 1.29 is 9.21 Å². The number of oxazole rings is 1. The summed E-state index contributed by atoms with van der Waals surface area (Å²) in [5, 5.41) is 2.98. The van der Waals surface area contributed by atoms with Crippen LogP contribution in [0, 0.1) is 6.92 Å². The third kappa shape index (κ3) is 4.19. The third-order valence-electron chi connectivity index (χ3n) is 3.85. The number of fused-ring (bicyclic) bond motifs is 1. The Bertz CT molecular complexity index is 808. The summed E-state index contributed by atoms with van der Waals surface area (Å²) in [4.78, 5) is 16.1. The third-order valence-corrected chi connectivity index (χ3v) is 3.85. The first-order valence-electron chi connectivity index (χ1n) is 7.85. The van der Waals surface area contributed by atoms with Gasteiger partial charge in [-0.05, 0) is 43.0 Å². The van der Waals surface area contributed by atoms with E-state index < -0.39 is 0 Å². The Kier molecular flexibility index (Phi) is 4.71. The number of hydrogen-bond donors (Lipinski definition) is 1. The zero-order valence-electron chi connectivity index (χ0n) is 13.2. The maximum absolute atomic E-state index is 11.9. The van der Waals surface area contributed by atoms with Gasteiger partial charge in [-0.15, -0.1) is 0 Å². The van der Waals surface area contributed by atoms with Crippen molar-refractivity contribution in [2.45, 2.75) is 26.2 Å². The minimum absolute atomic E-state index is 0.0917. The van der Waals surface area contributed by atoms with E-state index in [1.807, 2.05) is 24.3 Å². The van der Waals surface area contributed by atoms with Crippen molar-refractivity contribution in [3.05, 3.63) is 65.5 Å². The molecular weight excluding hydrogens is 288 g/mol. The molecule has 1 amide bonds. The fourth-order valence-corrected chi connectivity index (χ4v) is 2.62. The van der Waals surface area contributed by atoms with Crippen LogP contribution >= 0.6 is 0 Å². The number of aromatic nitrogens is 1. The number of benzene rings is 2. The van der Waals surface area contributed by atoms with Crippen LogP contribution in [-0.4, -0.2) is 17.4 Å². The standard InChI is InChI=1S/C19H20N2O2/c1-14-3-2-4-15(11-14)6-8-19(22)20-10-9-16-5-7-18-17(12-16)21-13-23-18/h2-5,7,11-13H,6,8-10H2,1H3,(H,20,22). The Morgan fingerprint density at radius 3 is 2.87 bits per heavy atom. The lowest BCUT2D eigenvalue weighted by Gasteiger charge is -2.06. The molecule has 0 bridgehead atoms. The summed E-state index contributed by atoms with van der Waals surface area (Å²) < 4.78 is 5.22. The summed E-state index contributed by atoms with van der Waals surface area (Å²) in [6.07, 6.45) is 3.53. The van der Waals surface area contributed by atoms with E-state index in [4.69, 9.17) is 4.42 Å². The number of rotatable bonds is 6. The molecule has 4 heteroatoms. The van der Waals surface area contributed by atoms with Crippen LogP contribution < -0.4 is 5.32 Å². The summed E-state index contributed by atoms with van der Waals surface area (Å²) in [6, 6.07) is 14.2. The van der Waals surface area contributed by atoms with Gasteiger partial charge in [-0.2, -0.15) is 0 Å². The van der Waals surface area contributed by atoms with E-state index in [0.29, 0.717) is 13.0 Å². The Morgan fingerprint density at radius 1 is 1.13 bits per heavy atom. The molecule has 3 aromatic rings. The molecule has 1 aromatic heterocycles. The Balaban J connectivity index is 1.43. The first kappa shape index (κ1) is 15.3. The molecule has 0 unspecified atom stereocenters. The predicted octanol–water partition coefficient (Wildman–Crippen LogP) is 3.43. The molecule has 1 heterocycles. The van der Waals surface area contributed by atoms with Crippen molar-refractivity contribution in [3.8, 4) is 0 Å². The van der Waals surface area contributed by atoms with Crippen LogP contribution in [0.3, 0.4) is 0 Å². The van der Waals surface area contributed by atoms with Gasteiger partial charge in [-0.25, -0.2) is 4.98 Å². The Morgan fingerprint density at radius 2 is 2.00 bits per heavy atom. The van der Waals surface area contributed by atoms with Crippen molar-refractivity contribution >= 4 is 17.0 Å². The summed E-state index contributed by atoms with van der Waals surface area (Å²) in [7, 11) is 0. The van der Waals surface area contributed by atoms with Gasteiger partial charge in [-0.1, -0.05) is 35.9 Å². The molecule has 0 radical (unpaired) electrons. The zero-order chi connectivity index (χ0) is 16.1. The number of carbonyl (C=O) groups is 1. The van der Waals surface area contributed by atoms with Crippen LogP contribution in [-0.2, 0) is 17.6 Å². The molecule has 0 fully saturated rings. The Hall–Kier alpha value is -2.62. The summed E-state index contributed by atoms with van der Waals surface area (Å²) in [6.45, 7) is 2.70. The minimum Gasteiger partial charge on any atom is -0.443 e. The van der Waals surface area contributed by atoms with E-state index in [-0.39, 0.29) is 5.91 Å². The van der Waals surface area contributed by atoms with E-state index in [2.05, 4.69) is 35.4 Å². The van der Waals surface area contributed by atoms with Gasteiger partial charge in [0.1, 0.15) is 5.52 Å². The lowest BCUT2D eigenvalue weighted by Crippen LogP contribution is -2.25. The SMILES string of the molecule is Cc1cccc(CCC(=O)NCCc2ccc3ocnc3c2)c1. The van der Waals surface area contributed by atoms with Crippen LogP contribution in [0.2, 0.25) is 0 Å². The van der Waals surface area contributed by atoms with Crippen molar-refractivity contribution in [1.82, 2.24) is 10.3 Å². The number of carbonyl (C=O) groups excluding carboxylic acids is 1. The number of nitrogens with zero attached hydrogens (tertiary/aromatic N) is 1. The van der Waals surface area contributed by atoms with Gasteiger partial charge in [0.05, 0.1) is 0 Å². The first-order chi connectivity index (χ1) is 11.2. The van der Waals surface area contributed by atoms with E-state index in [0.717, 1.165) is 29.5 Å². The van der Waals surface area contributed by atoms with Crippen molar-refractivity contribution in [3.63, 3.8) is 0 Å². The number of nitrogens with one attached hydrogen (secondary N) is 1. The molecule has 3 rings (SSSR count). The highest BCUT2D eigenvalue weighted by Crippen LogP contribution is 2.14. The van der Waals surface area contributed by atoms with Crippen molar-refractivity contribution in [2.24, 2.45) is 0 Å². The fraction of sp³-hybridized carbons (Fsp3) is 0.263. The van der Waals surface area contributed by atoms with Crippen molar-refractivity contribution in [1.29, 1.82) is 0 Å². The van der Waals surface area contributed by atoms with E-state index >= 15 is 0 Å². The van der Waals surface area contributed by atoms with Gasteiger partial charge in [0, 0.05) is 13.0 Å². The van der Waals surface area contributed by atoms with E-state index in [9.17, 15) is 4.79 Å². The zero-order valence-corrected chi connectivity index (χ0v) is 13.2. The fourth-order valence-electron chi connectivity index (χ4n) is 2.62. The van der Waals surface area contributed by atoms with Gasteiger partial charge in [0.2, 0.25) is 5.91 Å². The first-order valence-corrected chi connectivity index (χ1v) is 7.85. The summed E-state index contributed by atoms with van der Waals surface area (Å²) in [5.41, 5.74) is 5.22. The summed E-state index contributed by atoms with van der Waals surface area (Å²) in [5.74, 6) is 0.0917. The minimum atomic E-state index is 0.0917. The maximum atomic E-state index is 11.9. The highest BCUT2D eigenvalue weighted by atomic mass is 16.3. The highest BCUT2D eigenvalue weighted by Gasteiger charge is 2.04. The van der Waals surface area contributed by atoms with E-state index in [1.54, 1.807) is 0 Å². The maximum Gasteiger partial charge on any atom is 0.220 e. The van der Waals surface area contributed by atoms with Crippen molar-refractivity contribution in [2.75, 3.05) is 6.54 Å². The average Bonchev–Trinajstić information content (AvgIpc) is 3.01. The molecule has 2 aromatic carbocycles. The molecule has 0 aliphatic heterocycles. The highest BCUT2D eigenvalue weighted by molar-refractivity contribution is 5.76. The lowest BCUT2D eigenvalue weighted by atomic mass is 10.1. The second-order valence-electron chi connectivity index (χ2n) is 5.74. The number of aryl methyl sites for hydroxylation is 2.